The number of hydrogen-bond donors (Lipinski definition) is 3. The highest BCUT2D eigenvalue weighted by Crippen LogP contribution is 2.19. The largest absolute Gasteiger partial charge is 0.389 e. The van der Waals surface area contributed by atoms with E-state index in [4.69, 9.17) is 0 Å². The molecule has 1 aromatic rings. The van der Waals surface area contributed by atoms with Gasteiger partial charge in [-0.1, -0.05) is 24.3 Å². The first-order chi connectivity index (χ1) is 7.20. The zero-order valence-corrected chi connectivity index (χ0v) is 8.55. The van der Waals surface area contributed by atoms with E-state index >= 15 is 0 Å². The van der Waals surface area contributed by atoms with Crippen LogP contribution in [-0.4, -0.2) is 36.2 Å². The van der Waals surface area contributed by atoms with Gasteiger partial charge in [0.25, 0.3) is 0 Å². The quantitative estimate of drug-likeness (QED) is 0.602. The van der Waals surface area contributed by atoms with Crippen LogP contribution < -0.4 is 5.32 Å². The molecule has 4 nitrogen and oxygen atoms in total. The average Bonchev–Trinajstić information content (AvgIpc) is 2.28. The number of likely N-dealkylation sites (N-methyl/N-ethyl adjacent to an activating group) is 1. The van der Waals surface area contributed by atoms with Crippen LogP contribution >= 0.6 is 0 Å². The summed E-state index contributed by atoms with van der Waals surface area (Å²) in [6, 6.07) is 6.67. The van der Waals surface area contributed by atoms with Crippen molar-refractivity contribution in [3.63, 3.8) is 0 Å². The van der Waals surface area contributed by atoms with E-state index in [1.807, 2.05) is 0 Å². The minimum absolute atomic E-state index is 0.272. The van der Waals surface area contributed by atoms with E-state index in [-0.39, 0.29) is 6.54 Å². The molecule has 0 aliphatic carbocycles. The van der Waals surface area contributed by atoms with Crippen LogP contribution in [-0.2, 0) is 0 Å². The Labute approximate surface area is 88.6 Å². The molecule has 0 radical (unpaired) electrons. The van der Waals surface area contributed by atoms with Crippen molar-refractivity contribution < 1.29 is 15.0 Å². The molecular formula is C11H15NO3. The van der Waals surface area contributed by atoms with Gasteiger partial charge in [-0.15, -0.1) is 0 Å². The Morgan fingerprint density at radius 2 is 2.07 bits per heavy atom. The Kier molecular flexibility index (Phi) is 4.42. The second-order valence-electron chi connectivity index (χ2n) is 3.32. The summed E-state index contributed by atoms with van der Waals surface area (Å²) in [7, 11) is 1.68. The molecule has 4 heteroatoms. The fourth-order valence-electron chi connectivity index (χ4n) is 1.42. The number of rotatable bonds is 5. The van der Waals surface area contributed by atoms with Gasteiger partial charge in [-0.2, -0.15) is 0 Å². The predicted molar refractivity (Wildman–Crippen MR) is 56.7 cm³/mol. The molecule has 0 saturated heterocycles. The van der Waals surface area contributed by atoms with Gasteiger partial charge in [-0.25, -0.2) is 0 Å². The molecule has 82 valence electrons. The van der Waals surface area contributed by atoms with Crippen molar-refractivity contribution in [3.8, 4) is 0 Å². The van der Waals surface area contributed by atoms with Crippen LogP contribution in [0.25, 0.3) is 0 Å². The van der Waals surface area contributed by atoms with Crippen LogP contribution in [0.1, 0.15) is 22.0 Å². The summed E-state index contributed by atoms with van der Waals surface area (Å²) in [4.78, 5) is 10.7. The van der Waals surface area contributed by atoms with Crippen molar-refractivity contribution in [1.29, 1.82) is 0 Å². The third-order valence-electron chi connectivity index (χ3n) is 2.22. The van der Waals surface area contributed by atoms with Gasteiger partial charge in [0.1, 0.15) is 12.4 Å². The number of aldehydes is 1. The number of carbonyl (C=O) groups excluding carboxylic acids is 1. The van der Waals surface area contributed by atoms with Gasteiger partial charge in [-0.05, 0) is 12.6 Å². The average molecular weight is 209 g/mol. The van der Waals surface area contributed by atoms with Gasteiger partial charge < -0.3 is 15.5 Å². The maximum Gasteiger partial charge on any atom is 0.150 e. The van der Waals surface area contributed by atoms with Crippen LogP contribution in [0, 0.1) is 0 Å². The van der Waals surface area contributed by atoms with Crippen LogP contribution in [0.15, 0.2) is 24.3 Å². The lowest BCUT2D eigenvalue weighted by molar-refractivity contribution is 0.0199. The molecule has 0 aromatic heterocycles. The van der Waals surface area contributed by atoms with E-state index in [0.717, 1.165) is 0 Å². The van der Waals surface area contributed by atoms with E-state index in [2.05, 4.69) is 5.32 Å². The van der Waals surface area contributed by atoms with Crippen molar-refractivity contribution in [1.82, 2.24) is 5.32 Å². The number of carbonyl (C=O) groups is 1. The highest BCUT2D eigenvalue weighted by atomic mass is 16.3. The van der Waals surface area contributed by atoms with E-state index in [0.29, 0.717) is 17.4 Å². The predicted octanol–water partition coefficient (Wildman–Crippen LogP) is 0.113. The highest BCUT2D eigenvalue weighted by Gasteiger charge is 2.19. The van der Waals surface area contributed by atoms with Crippen LogP contribution in [0.4, 0.5) is 0 Å². The molecule has 1 aromatic carbocycles. The number of aliphatic hydroxyl groups excluding tert-OH is 2. The van der Waals surface area contributed by atoms with E-state index in [9.17, 15) is 15.0 Å². The molecule has 2 unspecified atom stereocenters. The molecule has 0 fully saturated rings. The summed E-state index contributed by atoms with van der Waals surface area (Å²) < 4.78 is 0. The summed E-state index contributed by atoms with van der Waals surface area (Å²) in [5.41, 5.74) is 0.857. The molecule has 0 heterocycles. The minimum atomic E-state index is -1.04. The lowest BCUT2D eigenvalue weighted by Crippen LogP contribution is -2.30. The molecule has 0 bridgehead atoms. The Bertz CT molecular complexity index is 327. The third-order valence-corrected chi connectivity index (χ3v) is 2.22. The number of hydrogen-bond acceptors (Lipinski definition) is 4. The topological polar surface area (TPSA) is 69.6 Å². The monoisotopic (exact) mass is 209 g/mol. The van der Waals surface area contributed by atoms with E-state index in [1.54, 1.807) is 31.3 Å². The van der Waals surface area contributed by atoms with Crippen molar-refractivity contribution >= 4 is 6.29 Å². The fraction of sp³-hybridized carbons (Fsp3) is 0.364. The second-order valence-corrected chi connectivity index (χ2v) is 3.32. The summed E-state index contributed by atoms with van der Waals surface area (Å²) in [5, 5.41) is 22.1. The Hall–Kier alpha value is -1.23. The van der Waals surface area contributed by atoms with E-state index < -0.39 is 12.2 Å². The highest BCUT2D eigenvalue weighted by molar-refractivity contribution is 5.77. The van der Waals surface area contributed by atoms with Gasteiger partial charge in [0.05, 0.1) is 6.10 Å². The number of aliphatic hydroxyl groups is 2. The zero-order chi connectivity index (χ0) is 11.3. The molecule has 1 rings (SSSR count). The van der Waals surface area contributed by atoms with Crippen LogP contribution in [0.5, 0.6) is 0 Å². The molecule has 0 spiro atoms. The summed E-state index contributed by atoms with van der Waals surface area (Å²) in [6.45, 7) is 0.272. The first kappa shape index (κ1) is 11.8. The van der Waals surface area contributed by atoms with Crippen LogP contribution in [0.2, 0.25) is 0 Å². The summed E-state index contributed by atoms with van der Waals surface area (Å²) in [6.07, 6.45) is -1.29. The van der Waals surface area contributed by atoms with Crippen molar-refractivity contribution in [2.24, 2.45) is 0 Å². The molecule has 3 N–H and O–H groups in total. The van der Waals surface area contributed by atoms with Crippen LogP contribution in [0.3, 0.4) is 0 Å². The van der Waals surface area contributed by atoms with Crippen molar-refractivity contribution in [2.45, 2.75) is 12.2 Å². The molecule has 0 amide bonds. The third kappa shape index (κ3) is 2.86. The molecule has 0 saturated carbocycles. The molecular weight excluding hydrogens is 194 g/mol. The van der Waals surface area contributed by atoms with Gasteiger partial charge in [0.2, 0.25) is 0 Å². The maximum atomic E-state index is 10.7. The Morgan fingerprint density at radius 1 is 1.40 bits per heavy atom. The van der Waals surface area contributed by atoms with E-state index in [1.165, 1.54) is 0 Å². The Balaban J connectivity index is 2.89. The summed E-state index contributed by atoms with van der Waals surface area (Å²) >= 11 is 0. The van der Waals surface area contributed by atoms with Crippen molar-refractivity contribution in [2.75, 3.05) is 13.6 Å². The normalized spacial score (nSPS) is 14.6. The van der Waals surface area contributed by atoms with Gasteiger partial charge >= 0.3 is 0 Å². The second kappa shape index (κ2) is 5.60. The molecule has 2 atom stereocenters. The first-order valence-corrected chi connectivity index (χ1v) is 4.75. The molecule has 0 aliphatic rings. The SMILES string of the molecule is CNCC(O)C(O)c1ccccc1C=O. The standard InChI is InChI=1S/C11H15NO3/c1-12-6-10(14)11(15)9-5-3-2-4-8(9)7-13/h2-5,7,10-12,14-15H,6H2,1H3. The van der Waals surface area contributed by atoms with Crippen molar-refractivity contribution in [3.05, 3.63) is 35.4 Å². The van der Waals surface area contributed by atoms with Gasteiger partial charge in [-0.3, -0.25) is 4.79 Å². The van der Waals surface area contributed by atoms with Gasteiger partial charge in [0.15, 0.2) is 0 Å². The first-order valence-electron chi connectivity index (χ1n) is 4.75. The smallest absolute Gasteiger partial charge is 0.150 e. The lowest BCUT2D eigenvalue weighted by Gasteiger charge is -2.18. The molecule has 0 aliphatic heterocycles. The number of benzene rings is 1. The van der Waals surface area contributed by atoms with Gasteiger partial charge in [0, 0.05) is 12.1 Å². The minimum Gasteiger partial charge on any atom is -0.389 e. The lowest BCUT2D eigenvalue weighted by atomic mass is 9.99. The Morgan fingerprint density at radius 3 is 2.67 bits per heavy atom. The molecule has 15 heavy (non-hydrogen) atoms. The number of nitrogens with one attached hydrogen (secondary N) is 1. The summed E-state index contributed by atoms with van der Waals surface area (Å²) in [5.74, 6) is 0. The zero-order valence-electron chi connectivity index (χ0n) is 8.55. The maximum absolute atomic E-state index is 10.7. The fourth-order valence-corrected chi connectivity index (χ4v) is 1.42.